The lowest BCUT2D eigenvalue weighted by Crippen LogP contribution is -2.54. The van der Waals surface area contributed by atoms with Crippen molar-refractivity contribution in [2.24, 2.45) is 7.05 Å². The van der Waals surface area contributed by atoms with Crippen LogP contribution in [-0.4, -0.2) is 40.0 Å². The van der Waals surface area contributed by atoms with E-state index in [0.29, 0.717) is 11.4 Å². The second kappa shape index (κ2) is 8.17. The van der Waals surface area contributed by atoms with Crippen LogP contribution in [0.1, 0.15) is 48.3 Å². The van der Waals surface area contributed by atoms with Gasteiger partial charge >= 0.3 is 6.03 Å². The molecule has 0 spiro atoms. The number of nitrogens with zero attached hydrogens (tertiary/aromatic N) is 2. The number of hydrogen-bond acceptors (Lipinski definition) is 5. The van der Waals surface area contributed by atoms with E-state index in [0.717, 1.165) is 18.6 Å². The fourth-order valence-electron chi connectivity index (χ4n) is 4.00. The average molecular weight is 411 g/mol. The van der Waals surface area contributed by atoms with Crippen LogP contribution in [0, 0.1) is 0 Å². The van der Waals surface area contributed by atoms with Crippen molar-refractivity contribution in [2.45, 2.75) is 43.7 Å². The first-order chi connectivity index (χ1) is 14.5. The number of benzene rings is 1. The van der Waals surface area contributed by atoms with E-state index in [9.17, 15) is 14.4 Å². The van der Waals surface area contributed by atoms with Crippen LogP contribution < -0.4 is 20.7 Å². The van der Waals surface area contributed by atoms with Crippen LogP contribution in [0.2, 0.25) is 0 Å². The van der Waals surface area contributed by atoms with Gasteiger partial charge in [-0.15, -0.1) is 0 Å². The summed E-state index contributed by atoms with van der Waals surface area (Å²) in [6.45, 7) is -0.130. The van der Waals surface area contributed by atoms with Gasteiger partial charge in [0.15, 0.2) is 5.54 Å². The molecule has 1 aliphatic carbocycles. The molecule has 9 heteroatoms. The van der Waals surface area contributed by atoms with Crippen LogP contribution in [0.3, 0.4) is 0 Å². The van der Waals surface area contributed by atoms with E-state index in [1.807, 2.05) is 0 Å². The van der Waals surface area contributed by atoms with Gasteiger partial charge in [-0.1, -0.05) is 6.42 Å². The zero-order chi connectivity index (χ0) is 21.1. The Hall–Kier alpha value is -3.36. The molecule has 1 aliphatic heterocycles. The second-order valence-corrected chi connectivity index (χ2v) is 7.76. The Morgan fingerprint density at radius 3 is 2.57 bits per heavy atom. The maximum absolute atomic E-state index is 12.7. The van der Waals surface area contributed by atoms with Crippen molar-refractivity contribution in [3.8, 4) is 5.75 Å². The molecular weight excluding hydrogens is 386 g/mol. The van der Waals surface area contributed by atoms with Crippen molar-refractivity contribution in [3.05, 3.63) is 48.0 Å². The number of amides is 4. The summed E-state index contributed by atoms with van der Waals surface area (Å²) >= 11 is 0. The van der Waals surface area contributed by atoms with Gasteiger partial charge in [0.2, 0.25) is 0 Å². The molecule has 3 N–H and O–H groups in total. The third-order valence-corrected chi connectivity index (χ3v) is 5.63. The molecule has 158 valence electrons. The highest BCUT2D eigenvalue weighted by molar-refractivity contribution is 6.07. The van der Waals surface area contributed by atoms with E-state index in [2.05, 4.69) is 20.9 Å². The third kappa shape index (κ3) is 3.87. The van der Waals surface area contributed by atoms with E-state index >= 15 is 0 Å². The SMILES string of the molecule is Cn1ccnc1C1(CNC(=O)c2ccc(OC3CCCCC3)cc2)NC(=O)NC1=O. The Morgan fingerprint density at radius 1 is 1.23 bits per heavy atom. The van der Waals surface area contributed by atoms with Crippen LogP contribution >= 0.6 is 0 Å². The Balaban J connectivity index is 1.43. The van der Waals surface area contributed by atoms with E-state index < -0.39 is 17.5 Å². The van der Waals surface area contributed by atoms with E-state index in [-0.39, 0.29) is 18.6 Å². The van der Waals surface area contributed by atoms with Crippen molar-refractivity contribution in [1.29, 1.82) is 0 Å². The molecule has 1 saturated heterocycles. The second-order valence-electron chi connectivity index (χ2n) is 7.76. The first-order valence-corrected chi connectivity index (χ1v) is 10.1. The predicted molar refractivity (Wildman–Crippen MR) is 108 cm³/mol. The number of rotatable bonds is 6. The third-order valence-electron chi connectivity index (χ3n) is 5.63. The summed E-state index contributed by atoms with van der Waals surface area (Å²) in [6.07, 6.45) is 9.19. The largest absolute Gasteiger partial charge is 0.490 e. The molecule has 2 heterocycles. The van der Waals surface area contributed by atoms with Crippen molar-refractivity contribution in [1.82, 2.24) is 25.5 Å². The van der Waals surface area contributed by atoms with Gasteiger partial charge in [0.1, 0.15) is 11.6 Å². The maximum atomic E-state index is 12.7. The molecule has 1 saturated carbocycles. The highest BCUT2D eigenvalue weighted by Crippen LogP contribution is 2.24. The van der Waals surface area contributed by atoms with Gasteiger partial charge < -0.3 is 19.9 Å². The Labute approximate surface area is 174 Å². The molecule has 1 aromatic heterocycles. The fraction of sp³-hybridized carbons (Fsp3) is 0.429. The van der Waals surface area contributed by atoms with Crippen molar-refractivity contribution < 1.29 is 19.1 Å². The number of carbonyl (C=O) groups is 3. The van der Waals surface area contributed by atoms with Crippen LogP contribution in [0.4, 0.5) is 4.79 Å². The summed E-state index contributed by atoms with van der Waals surface area (Å²) in [5.41, 5.74) is -1.03. The Morgan fingerprint density at radius 2 is 1.97 bits per heavy atom. The van der Waals surface area contributed by atoms with Gasteiger partial charge in [-0.3, -0.25) is 14.9 Å². The number of imidazole rings is 1. The van der Waals surface area contributed by atoms with Gasteiger partial charge in [0.25, 0.3) is 11.8 Å². The minimum atomic E-state index is -1.46. The standard InChI is InChI=1S/C21H25N5O4/c1-26-12-11-22-18(26)21(19(28)24-20(29)25-21)13-23-17(27)14-7-9-16(10-8-14)30-15-5-3-2-4-6-15/h7-12,15H,2-6,13H2,1H3,(H,23,27)(H2,24,25,28,29). The number of nitrogens with one attached hydrogen (secondary N) is 3. The molecule has 9 nitrogen and oxygen atoms in total. The van der Waals surface area contributed by atoms with Crippen molar-refractivity contribution in [3.63, 3.8) is 0 Å². The molecule has 1 unspecified atom stereocenters. The zero-order valence-corrected chi connectivity index (χ0v) is 16.8. The Bertz CT molecular complexity index is 949. The minimum absolute atomic E-state index is 0.130. The highest BCUT2D eigenvalue weighted by Gasteiger charge is 2.50. The molecule has 2 fully saturated rings. The molecule has 2 aromatic rings. The Kier molecular flexibility index (Phi) is 5.43. The monoisotopic (exact) mass is 411 g/mol. The summed E-state index contributed by atoms with van der Waals surface area (Å²) in [6, 6.07) is 6.31. The smallest absolute Gasteiger partial charge is 0.322 e. The van der Waals surface area contributed by atoms with Crippen molar-refractivity contribution in [2.75, 3.05) is 6.54 Å². The van der Waals surface area contributed by atoms with Crippen molar-refractivity contribution >= 4 is 17.8 Å². The molecule has 30 heavy (non-hydrogen) atoms. The lowest BCUT2D eigenvalue weighted by Gasteiger charge is -2.25. The predicted octanol–water partition coefficient (Wildman–Crippen LogP) is 1.60. The summed E-state index contributed by atoms with van der Waals surface area (Å²) in [5, 5.41) is 7.57. The highest BCUT2D eigenvalue weighted by atomic mass is 16.5. The van der Waals surface area contributed by atoms with E-state index in [4.69, 9.17) is 4.74 Å². The van der Waals surface area contributed by atoms with E-state index in [1.165, 1.54) is 25.5 Å². The van der Waals surface area contributed by atoms with Gasteiger partial charge in [0, 0.05) is 25.0 Å². The lowest BCUT2D eigenvalue weighted by molar-refractivity contribution is -0.124. The molecule has 2 aliphatic rings. The quantitative estimate of drug-likeness (QED) is 0.625. The number of carbonyl (C=O) groups excluding carboxylic acids is 3. The van der Waals surface area contributed by atoms with Gasteiger partial charge in [-0.05, 0) is 49.9 Å². The molecule has 0 radical (unpaired) electrons. The van der Waals surface area contributed by atoms with Crippen LogP contribution in [0.15, 0.2) is 36.7 Å². The minimum Gasteiger partial charge on any atom is -0.490 e. The van der Waals surface area contributed by atoms with Crippen LogP contribution in [-0.2, 0) is 17.4 Å². The first kappa shape index (κ1) is 19.9. The average Bonchev–Trinajstić information content (AvgIpc) is 3.30. The topological polar surface area (TPSA) is 114 Å². The molecule has 4 rings (SSSR count). The summed E-state index contributed by atoms with van der Waals surface area (Å²) in [7, 11) is 1.72. The van der Waals surface area contributed by atoms with Gasteiger partial charge in [0.05, 0.1) is 12.6 Å². The fourth-order valence-corrected chi connectivity index (χ4v) is 4.00. The number of imide groups is 1. The molecule has 1 atom stereocenters. The summed E-state index contributed by atoms with van der Waals surface area (Å²) in [5.74, 6) is 0.160. The number of hydrogen-bond donors (Lipinski definition) is 3. The number of aromatic nitrogens is 2. The van der Waals surface area contributed by atoms with Crippen LogP contribution in [0.5, 0.6) is 5.75 Å². The number of aryl methyl sites for hydroxylation is 1. The zero-order valence-electron chi connectivity index (χ0n) is 16.8. The van der Waals surface area contributed by atoms with E-state index in [1.54, 1.807) is 42.1 Å². The van der Waals surface area contributed by atoms with Gasteiger partial charge in [-0.25, -0.2) is 9.78 Å². The van der Waals surface area contributed by atoms with Gasteiger partial charge in [-0.2, -0.15) is 0 Å². The van der Waals surface area contributed by atoms with Crippen LogP contribution in [0.25, 0.3) is 0 Å². The molecule has 4 amide bonds. The summed E-state index contributed by atoms with van der Waals surface area (Å²) in [4.78, 5) is 41.2. The lowest BCUT2D eigenvalue weighted by atomic mass is 9.98. The number of urea groups is 1. The first-order valence-electron chi connectivity index (χ1n) is 10.1. The molecular formula is C21H25N5O4. The molecule has 1 aromatic carbocycles. The normalized spacial score (nSPS) is 21.8. The number of ether oxygens (including phenoxy) is 1. The molecule has 0 bridgehead atoms. The maximum Gasteiger partial charge on any atom is 0.322 e. The summed E-state index contributed by atoms with van der Waals surface area (Å²) < 4.78 is 7.63.